The third kappa shape index (κ3) is 6.77. The van der Waals surface area contributed by atoms with Crippen LogP contribution in [0.3, 0.4) is 0 Å². The van der Waals surface area contributed by atoms with Crippen LogP contribution in [-0.4, -0.2) is 86.2 Å². The molecule has 0 spiro atoms. The first-order chi connectivity index (χ1) is 11.2. The van der Waals surface area contributed by atoms with E-state index >= 15 is 0 Å². The van der Waals surface area contributed by atoms with Gasteiger partial charge in [0.15, 0.2) is 0 Å². The van der Waals surface area contributed by atoms with Crippen LogP contribution in [-0.2, 0) is 9.53 Å². The van der Waals surface area contributed by atoms with E-state index in [9.17, 15) is 4.79 Å². The molecule has 0 N–H and O–H groups in total. The monoisotopic (exact) mass is 325 g/mol. The molecule has 2 heterocycles. The number of nitrogens with zero attached hydrogens (tertiary/aromatic N) is 3. The summed E-state index contributed by atoms with van der Waals surface area (Å²) in [5.41, 5.74) is 0. The van der Waals surface area contributed by atoms with Crippen molar-refractivity contribution in [3.05, 3.63) is 0 Å². The molecule has 2 aliphatic rings. The first kappa shape index (κ1) is 18.7. The highest BCUT2D eigenvalue weighted by Gasteiger charge is 2.26. The minimum atomic E-state index is -0.0257. The molecule has 0 aromatic rings. The Morgan fingerprint density at radius 1 is 1.04 bits per heavy atom. The maximum absolute atomic E-state index is 11.7. The van der Waals surface area contributed by atoms with Gasteiger partial charge in [0.05, 0.1) is 13.0 Å². The molecule has 23 heavy (non-hydrogen) atoms. The summed E-state index contributed by atoms with van der Waals surface area (Å²) in [5.74, 6) is -0.0257. The Hall–Kier alpha value is -0.650. The van der Waals surface area contributed by atoms with E-state index < -0.39 is 0 Å². The fourth-order valence-electron chi connectivity index (χ4n) is 3.55. The Kier molecular flexibility index (Phi) is 8.34. The first-order valence-electron chi connectivity index (χ1n) is 9.49. The van der Waals surface area contributed by atoms with Crippen LogP contribution in [0.5, 0.6) is 0 Å². The number of unbranched alkanes of at least 4 members (excludes halogenated alkanes) is 2. The fraction of sp³-hybridized carbons (Fsp3) is 0.944. The number of piperazine rings is 1. The van der Waals surface area contributed by atoms with E-state index in [1.54, 1.807) is 0 Å². The molecule has 134 valence electrons. The SMILES string of the molecule is CCCCCOC(=O)CCN1CCC(N2CCN(C)CC2)CC1. The van der Waals surface area contributed by atoms with Gasteiger partial charge in [-0.1, -0.05) is 19.8 Å². The fourth-order valence-corrected chi connectivity index (χ4v) is 3.55. The van der Waals surface area contributed by atoms with Gasteiger partial charge in [-0.2, -0.15) is 0 Å². The average molecular weight is 325 g/mol. The van der Waals surface area contributed by atoms with Crippen molar-refractivity contribution in [1.82, 2.24) is 14.7 Å². The van der Waals surface area contributed by atoms with Crippen molar-refractivity contribution in [3.8, 4) is 0 Å². The standard InChI is InChI=1S/C18H35N3O2/c1-3-4-5-16-23-18(22)8-11-20-9-6-17(7-10-20)21-14-12-19(2)13-15-21/h17H,3-16H2,1-2H3. The van der Waals surface area contributed by atoms with Crippen molar-refractivity contribution in [2.45, 2.75) is 51.5 Å². The molecule has 2 aliphatic heterocycles. The lowest BCUT2D eigenvalue weighted by molar-refractivity contribution is -0.144. The van der Waals surface area contributed by atoms with Crippen LogP contribution in [0, 0.1) is 0 Å². The van der Waals surface area contributed by atoms with E-state index in [2.05, 4.69) is 28.7 Å². The molecule has 0 saturated carbocycles. The summed E-state index contributed by atoms with van der Waals surface area (Å²) in [7, 11) is 2.21. The number of hydrogen-bond donors (Lipinski definition) is 0. The molecule has 0 radical (unpaired) electrons. The summed E-state index contributed by atoms with van der Waals surface area (Å²) in [6.45, 7) is 10.7. The van der Waals surface area contributed by atoms with Crippen molar-refractivity contribution in [1.29, 1.82) is 0 Å². The molecule has 2 rings (SSSR count). The number of likely N-dealkylation sites (tertiary alicyclic amines) is 1. The molecule has 2 saturated heterocycles. The van der Waals surface area contributed by atoms with E-state index in [-0.39, 0.29) is 5.97 Å². The molecule has 5 nitrogen and oxygen atoms in total. The van der Waals surface area contributed by atoms with E-state index in [0.29, 0.717) is 13.0 Å². The molecular formula is C18H35N3O2. The number of hydrogen-bond acceptors (Lipinski definition) is 5. The number of carbonyl (C=O) groups excluding carboxylic acids is 1. The van der Waals surface area contributed by atoms with Crippen molar-refractivity contribution in [2.24, 2.45) is 0 Å². The Bertz CT molecular complexity index is 335. The number of ether oxygens (including phenoxy) is 1. The van der Waals surface area contributed by atoms with Gasteiger partial charge in [-0.05, 0) is 39.4 Å². The molecular weight excluding hydrogens is 290 g/mol. The van der Waals surface area contributed by atoms with Crippen LogP contribution in [0.1, 0.15) is 45.4 Å². The van der Waals surface area contributed by atoms with Crippen molar-refractivity contribution in [3.63, 3.8) is 0 Å². The van der Waals surface area contributed by atoms with Gasteiger partial charge in [0, 0.05) is 38.8 Å². The van der Waals surface area contributed by atoms with Gasteiger partial charge in [-0.15, -0.1) is 0 Å². The van der Waals surface area contributed by atoms with Gasteiger partial charge in [0.2, 0.25) is 0 Å². The third-order valence-electron chi connectivity index (χ3n) is 5.25. The Labute approximate surface area is 141 Å². The van der Waals surface area contributed by atoms with Crippen LogP contribution in [0.2, 0.25) is 0 Å². The van der Waals surface area contributed by atoms with Crippen LogP contribution in [0.15, 0.2) is 0 Å². The topological polar surface area (TPSA) is 36.0 Å². The number of carbonyl (C=O) groups is 1. The normalized spacial score (nSPS) is 22.3. The van der Waals surface area contributed by atoms with Crippen LogP contribution >= 0.6 is 0 Å². The van der Waals surface area contributed by atoms with Gasteiger partial charge in [-0.3, -0.25) is 9.69 Å². The summed E-state index contributed by atoms with van der Waals surface area (Å²) in [5, 5.41) is 0. The smallest absolute Gasteiger partial charge is 0.307 e. The second-order valence-corrected chi connectivity index (χ2v) is 7.09. The van der Waals surface area contributed by atoms with Gasteiger partial charge >= 0.3 is 5.97 Å². The Morgan fingerprint density at radius 2 is 1.74 bits per heavy atom. The predicted octanol–water partition coefficient (Wildman–Crippen LogP) is 1.82. The molecule has 0 aromatic heterocycles. The van der Waals surface area contributed by atoms with Crippen LogP contribution in [0.4, 0.5) is 0 Å². The molecule has 0 aliphatic carbocycles. The maximum atomic E-state index is 11.7. The van der Waals surface area contributed by atoms with Crippen LogP contribution < -0.4 is 0 Å². The molecule has 0 amide bonds. The van der Waals surface area contributed by atoms with Crippen molar-refractivity contribution < 1.29 is 9.53 Å². The number of likely N-dealkylation sites (N-methyl/N-ethyl adjacent to an activating group) is 1. The Morgan fingerprint density at radius 3 is 2.39 bits per heavy atom. The molecule has 0 aromatic carbocycles. The van der Waals surface area contributed by atoms with Crippen LogP contribution in [0.25, 0.3) is 0 Å². The highest BCUT2D eigenvalue weighted by molar-refractivity contribution is 5.69. The molecule has 0 bridgehead atoms. The lowest BCUT2D eigenvalue weighted by atomic mass is 10.0. The Balaban J connectivity index is 1.55. The zero-order valence-electron chi connectivity index (χ0n) is 15.1. The molecule has 2 fully saturated rings. The van der Waals surface area contributed by atoms with Gasteiger partial charge in [0.25, 0.3) is 0 Å². The molecule has 0 unspecified atom stereocenters. The third-order valence-corrected chi connectivity index (χ3v) is 5.25. The zero-order chi connectivity index (χ0) is 16.5. The summed E-state index contributed by atoms with van der Waals surface area (Å²) in [6.07, 6.45) is 6.35. The quantitative estimate of drug-likeness (QED) is 0.502. The largest absolute Gasteiger partial charge is 0.466 e. The summed E-state index contributed by atoms with van der Waals surface area (Å²) < 4.78 is 5.28. The van der Waals surface area contributed by atoms with Gasteiger partial charge < -0.3 is 14.5 Å². The lowest BCUT2D eigenvalue weighted by Crippen LogP contribution is -2.52. The minimum Gasteiger partial charge on any atom is -0.466 e. The van der Waals surface area contributed by atoms with E-state index in [0.717, 1.165) is 38.5 Å². The summed E-state index contributed by atoms with van der Waals surface area (Å²) >= 11 is 0. The first-order valence-corrected chi connectivity index (χ1v) is 9.49. The number of esters is 1. The lowest BCUT2D eigenvalue weighted by Gasteiger charge is -2.42. The minimum absolute atomic E-state index is 0.0257. The summed E-state index contributed by atoms with van der Waals surface area (Å²) in [6, 6.07) is 0.751. The zero-order valence-corrected chi connectivity index (χ0v) is 15.1. The van der Waals surface area contributed by atoms with E-state index in [1.807, 2.05) is 0 Å². The van der Waals surface area contributed by atoms with Crippen molar-refractivity contribution >= 4 is 5.97 Å². The molecule has 5 heteroatoms. The van der Waals surface area contributed by atoms with Crippen molar-refractivity contribution in [2.75, 3.05) is 59.5 Å². The van der Waals surface area contributed by atoms with E-state index in [1.165, 1.54) is 45.4 Å². The summed E-state index contributed by atoms with van der Waals surface area (Å²) in [4.78, 5) is 19.2. The maximum Gasteiger partial charge on any atom is 0.307 e. The predicted molar refractivity (Wildman–Crippen MR) is 93.6 cm³/mol. The average Bonchev–Trinajstić information content (AvgIpc) is 2.58. The number of piperidine rings is 1. The van der Waals surface area contributed by atoms with Gasteiger partial charge in [0.1, 0.15) is 0 Å². The molecule has 0 atom stereocenters. The van der Waals surface area contributed by atoms with E-state index in [4.69, 9.17) is 4.74 Å². The second-order valence-electron chi connectivity index (χ2n) is 7.09. The van der Waals surface area contributed by atoms with Gasteiger partial charge in [-0.25, -0.2) is 0 Å². The number of rotatable bonds is 8. The second kappa shape index (κ2) is 10.3. The highest BCUT2D eigenvalue weighted by Crippen LogP contribution is 2.18. The highest BCUT2D eigenvalue weighted by atomic mass is 16.5.